The van der Waals surface area contributed by atoms with Gasteiger partial charge in [0.05, 0.1) is 0 Å². The van der Waals surface area contributed by atoms with E-state index in [1.165, 1.54) is 22.3 Å². The molecule has 0 aromatic heterocycles. The Kier molecular flexibility index (Phi) is 4.52. The maximum Gasteiger partial charge on any atom is 0.0438 e. The van der Waals surface area contributed by atoms with Crippen LogP contribution >= 0.6 is 11.6 Å². The van der Waals surface area contributed by atoms with E-state index in [0.29, 0.717) is 0 Å². The monoisotopic (exact) mass is 287 g/mol. The van der Waals surface area contributed by atoms with Gasteiger partial charge in [0.25, 0.3) is 0 Å². The first-order valence-corrected chi connectivity index (χ1v) is 7.35. The first kappa shape index (κ1) is 15.1. The predicted octanol–water partition coefficient (Wildman–Crippen LogP) is 4.82. The summed E-state index contributed by atoms with van der Waals surface area (Å²) in [4.78, 5) is 0. The molecule has 0 aliphatic rings. The lowest BCUT2D eigenvalue weighted by Crippen LogP contribution is -2.16. The normalized spacial score (nSPS) is 12.5. The molecule has 0 aliphatic heterocycles. The highest BCUT2D eigenvalue weighted by Gasteiger charge is 2.14. The fourth-order valence-electron chi connectivity index (χ4n) is 2.89. The highest BCUT2D eigenvalue weighted by molar-refractivity contribution is 6.31. The van der Waals surface area contributed by atoms with Gasteiger partial charge < -0.3 is 5.73 Å². The van der Waals surface area contributed by atoms with Crippen LogP contribution in [-0.4, -0.2) is 0 Å². The van der Waals surface area contributed by atoms with Crippen LogP contribution in [0.2, 0.25) is 5.02 Å². The lowest BCUT2D eigenvalue weighted by molar-refractivity contribution is 0.710. The van der Waals surface area contributed by atoms with E-state index in [-0.39, 0.29) is 6.04 Å². The molecule has 0 heterocycles. The summed E-state index contributed by atoms with van der Waals surface area (Å²) in [7, 11) is 0. The van der Waals surface area contributed by atoms with Crippen molar-refractivity contribution in [2.75, 3.05) is 0 Å². The highest BCUT2D eigenvalue weighted by atomic mass is 35.5. The molecule has 1 unspecified atom stereocenters. The summed E-state index contributed by atoms with van der Waals surface area (Å²) in [5.74, 6) is 0. The SMILES string of the molecule is Cc1cc(C)c(CC(N)c2cccc(Cl)c2C)c(C)c1. The van der Waals surface area contributed by atoms with E-state index in [1.807, 2.05) is 19.1 Å². The van der Waals surface area contributed by atoms with E-state index in [4.69, 9.17) is 17.3 Å². The van der Waals surface area contributed by atoms with Crippen molar-refractivity contribution in [1.82, 2.24) is 0 Å². The van der Waals surface area contributed by atoms with E-state index in [9.17, 15) is 0 Å². The quantitative estimate of drug-likeness (QED) is 0.861. The molecule has 0 saturated carbocycles. The molecule has 106 valence electrons. The molecule has 2 heteroatoms. The van der Waals surface area contributed by atoms with Crippen molar-refractivity contribution in [3.63, 3.8) is 0 Å². The molecular weight excluding hydrogens is 266 g/mol. The molecule has 2 aromatic carbocycles. The van der Waals surface area contributed by atoms with Crippen molar-refractivity contribution in [3.05, 3.63) is 68.7 Å². The van der Waals surface area contributed by atoms with Gasteiger partial charge in [-0.2, -0.15) is 0 Å². The van der Waals surface area contributed by atoms with E-state index in [1.54, 1.807) is 0 Å². The second-order valence-corrected chi connectivity index (χ2v) is 6.05. The maximum absolute atomic E-state index is 6.41. The zero-order valence-corrected chi connectivity index (χ0v) is 13.4. The summed E-state index contributed by atoms with van der Waals surface area (Å²) < 4.78 is 0. The van der Waals surface area contributed by atoms with Gasteiger partial charge in [-0.25, -0.2) is 0 Å². The molecule has 2 aromatic rings. The Morgan fingerprint density at radius 3 is 2.25 bits per heavy atom. The molecule has 2 N–H and O–H groups in total. The molecule has 0 bridgehead atoms. The fourth-order valence-corrected chi connectivity index (χ4v) is 3.07. The van der Waals surface area contributed by atoms with Crippen LogP contribution in [-0.2, 0) is 6.42 Å². The summed E-state index contributed by atoms with van der Waals surface area (Å²) >= 11 is 6.19. The van der Waals surface area contributed by atoms with Gasteiger partial charge in [0.15, 0.2) is 0 Å². The molecular formula is C18H22ClN. The van der Waals surface area contributed by atoms with Crippen LogP contribution in [0.25, 0.3) is 0 Å². The average molecular weight is 288 g/mol. The Morgan fingerprint density at radius 2 is 1.65 bits per heavy atom. The zero-order chi connectivity index (χ0) is 14.9. The molecule has 0 fully saturated rings. The number of benzene rings is 2. The molecule has 20 heavy (non-hydrogen) atoms. The summed E-state index contributed by atoms with van der Waals surface area (Å²) in [5, 5.41) is 0.787. The van der Waals surface area contributed by atoms with E-state index in [0.717, 1.165) is 22.6 Å². The Labute approximate surface area is 126 Å². The Balaban J connectivity index is 2.33. The summed E-state index contributed by atoms with van der Waals surface area (Å²) in [6, 6.07) is 10.4. The van der Waals surface area contributed by atoms with Crippen molar-refractivity contribution in [1.29, 1.82) is 0 Å². The van der Waals surface area contributed by atoms with Crippen LogP contribution < -0.4 is 5.73 Å². The number of hydrogen-bond donors (Lipinski definition) is 1. The molecule has 0 radical (unpaired) electrons. The van der Waals surface area contributed by atoms with Gasteiger partial charge in [0.2, 0.25) is 0 Å². The topological polar surface area (TPSA) is 26.0 Å². The van der Waals surface area contributed by atoms with Gasteiger partial charge in [0, 0.05) is 11.1 Å². The Hall–Kier alpha value is -1.31. The maximum atomic E-state index is 6.41. The number of hydrogen-bond acceptors (Lipinski definition) is 1. The predicted molar refractivity (Wildman–Crippen MR) is 87.5 cm³/mol. The Bertz CT molecular complexity index is 608. The second-order valence-electron chi connectivity index (χ2n) is 5.64. The third-order valence-electron chi connectivity index (χ3n) is 3.97. The minimum atomic E-state index is -0.0196. The van der Waals surface area contributed by atoms with Gasteiger partial charge in [0.1, 0.15) is 0 Å². The van der Waals surface area contributed by atoms with Crippen molar-refractivity contribution in [2.45, 2.75) is 40.2 Å². The van der Waals surface area contributed by atoms with Crippen molar-refractivity contribution in [3.8, 4) is 0 Å². The first-order valence-electron chi connectivity index (χ1n) is 6.97. The first-order chi connectivity index (χ1) is 9.40. The van der Waals surface area contributed by atoms with Gasteiger partial charge >= 0.3 is 0 Å². The minimum absolute atomic E-state index is 0.0196. The third kappa shape index (κ3) is 3.05. The number of nitrogens with two attached hydrogens (primary N) is 1. The molecule has 0 spiro atoms. The fraction of sp³-hybridized carbons (Fsp3) is 0.333. The van der Waals surface area contributed by atoms with E-state index in [2.05, 4.69) is 39.0 Å². The average Bonchev–Trinajstić information content (AvgIpc) is 2.36. The molecule has 0 aliphatic carbocycles. The lowest BCUT2D eigenvalue weighted by Gasteiger charge is -2.19. The summed E-state index contributed by atoms with van der Waals surface area (Å²) in [5.41, 5.74) is 13.9. The van der Waals surface area contributed by atoms with Crippen LogP contribution in [0.4, 0.5) is 0 Å². The van der Waals surface area contributed by atoms with Crippen molar-refractivity contribution >= 4 is 11.6 Å². The minimum Gasteiger partial charge on any atom is -0.324 e. The molecule has 1 nitrogen and oxygen atoms in total. The van der Waals surface area contributed by atoms with Gasteiger partial charge in [-0.15, -0.1) is 0 Å². The lowest BCUT2D eigenvalue weighted by atomic mass is 9.90. The summed E-state index contributed by atoms with van der Waals surface area (Å²) in [6.45, 7) is 8.48. The molecule has 1 atom stereocenters. The Morgan fingerprint density at radius 1 is 1.05 bits per heavy atom. The number of aryl methyl sites for hydroxylation is 3. The van der Waals surface area contributed by atoms with Crippen LogP contribution in [0.15, 0.2) is 30.3 Å². The van der Waals surface area contributed by atoms with E-state index < -0.39 is 0 Å². The number of rotatable bonds is 3. The van der Waals surface area contributed by atoms with Crippen molar-refractivity contribution < 1.29 is 0 Å². The molecule has 0 amide bonds. The largest absolute Gasteiger partial charge is 0.324 e. The highest BCUT2D eigenvalue weighted by Crippen LogP contribution is 2.27. The van der Waals surface area contributed by atoms with Crippen molar-refractivity contribution in [2.24, 2.45) is 5.73 Å². The third-order valence-corrected chi connectivity index (χ3v) is 4.38. The van der Waals surface area contributed by atoms with Gasteiger partial charge in [-0.05, 0) is 68.0 Å². The van der Waals surface area contributed by atoms with Crippen LogP contribution in [0.5, 0.6) is 0 Å². The van der Waals surface area contributed by atoms with Crippen LogP contribution in [0.3, 0.4) is 0 Å². The summed E-state index contributed by atoms with van der Waals surface area (Å²) in [6.07, 6.45) is 0.846. The molecule has 0 saturated heterocycles. The zero-order valence-electron chi connectivity index (χ0n) is 12.6. The van der Waals surface area contributed by atoms with E-state index >= 15 is 0 Å². The smallest absolute Gasteiger partial charge is 0.0438 e. The molecule has 2 rings (SSSR count). The van der Waals surface area contributed by atoms with Crippen LogP contribution in [0, 0.1) is 27.7 Å². The van der Waals surface area contributed by atoms with Crippen LogP contribution in [0.1, 0.15) is 39.4 Å². The standard InChI is InChI=1S/C18H22ClN/c1-11-8-12(2)16(13(3)9-11)10-18(20)15-6-5-7-17(19)14(15)4/h5-9,18H,10,20H2,1-4H3. The van der Waals surface area contributed by atoms with Gasteiger partial charge in [-0.3, -0.25) is 0 Å². The number of halogens is 1. The van der Waals surface area contributed by atoms with Gasteiger partial charge in [-0.1, -0.05) is 41.4 Å². The second kappa shape index (κ2) is 5.99.